The Morgan fingerprint density at radius 2 is 1.95 bits per heavy atom. The van der Waals surface area contributed by atoms with Crippen molar-refractivity contribution in [1.29, 1.82) is 0 Å². The Bertz CT molecular complexity index is 414. The molecule has 2 rings (SSSR count). The Hall–Kier alpha value is -1.39. The van der Waals surface area contributed by atoms with Crippen molar-refractivity contribution in [2.24, 2.45) is 0 Å². The van der Waals surface area contributed by atoms with Crippen molar-refractivity contribution < 1.29 is 9.53 Å². The lowest BCUT2D eigenvalue weighted by molar-refractivity contribution is -0.120. The van der Waals surface area contributed by atoms with Gasteiger partial charge < -0.3 is 10.1 Å². The van der Waals surface area contributed by atoms with Crippen molar-refractivity contribution in [2.75, 3.05) is 26.3 Å². The molecule has 0 bridgehead atoms. The smallest absolute Gasteiger partial charge is 0.219 e. The van der Waals surface area contributed by atoms with Gasteiger partial charge in [0.1, 0.15) is 0 Å². The number of benzene rings is 1. The number of nitrogens with one attached hydrogen (secondary N) is 1. The van der Waals surface area contributed by atoms with Crippen molar-refractivity contribution in [1.82, 2.24) is 10.2 Å². The highest BCUT2D eigenvalue weighted by atomic mass is 16.5. The summed E-state index contributed by atoms with van der Waals surface area (Å²) >= 11 is 0. The predicted octanol–water partition coefficient (Wildman–Crippen LogP) is 1.54. The van der Waals surface area contributed by atoms with Gasteiger partial charge in [-0.3, -0.25) is 9.69 Å². The summed E-state index contributed by atoms with van der Waals surface area (Å²) in [6, 6.07) is 8.31. The van der Waals surface area contributed by atoms with Gasteiger partial charge in [0, 0.05) is 32.6 Å². The Labute approximate surface area is 114 Å². The summed E-state index contributed by atoms with van der Waals surface area (Å²) in [6.45, 7) is 7.01. The van der Waals surface area contributed by atoms with Crippen molar-refractivity contribution in [2.45, 2.75) is 26.4 Å². The zero-order valence-electron chi connectivity index (χ0n) is 11.5. The van der Waals surface area contributed by atoms with E-state index in [1.54, 1.807) is 0 Å². The summed E-state index contributed by atoms with van der Waals surface area (Å²) in [5.41, 5.74) is 2.50. The van der Waals surface area contributed by atoms with Gasteiger partial charge in [0.25, 0.3) is 0 Å². The van der Waals surface area contributed by atoms with Crippen LogP contribution in [0.5, 0.6) is 0 Å². The number of hydrogen-bond donors (Lipinski definition) is 1. The maximum Gasteiger partial charge on any atom is 0.219 e. The van der Waals surface area contributed by atoms with Crippen LogP contribution in [0.4, 0.5) is 0 Å². The lowest BCUT2D eigenvalue weighted by Gasteiger charge is -2.27. The minimum atomic E-state index is 0.0983. The Morgan fingerprint density at radius 1 is 1.26 bits per heavy atom. The molecule has 1 aliphatic heterocycles. The zero-order valence-corrected chi connectivity index (χ0v) is 11.5. The van der Waals surface area contributed by atoms with Crippen molar-refractivity contribution in [3.05, 3.63) is 35.4 Å². The molecule has 1 aromatic rings. The molecule has 0 saturated carbocycles. The molecule has 1 aliphatic rings. The van der Waals surface area contributed by atoms with Gasteiger partial charge in [0.2, 0.25) is 5.91 Å². The second-order valence-electron chi connectivity index (χ2n) is 4.79. The summed E-state index contributed by atoms with van der Waals surface area (Å²) in [4.78, 5) is 13.7. The number of ether oxygens (including phenoxy) is 1. The molecule has 104 valence electrons. The van der Waals surface area contributed by atoms with E-state index in [0.29, 0.717) is 13.0 Å². The number of morpholine rings is 1. The van der Waals surface area contributed by atoms with Gasteiger partial charge in [-0.25, -0.2) is 0 Å². The van der Waals surface area contributed by atoms with E-state index < -0.39 is 0 Å². The summed E-state index contributed by atoms with van der Waals surface area (Å²) < 4.78 is 5.36. The second-order valence-corrected chi connectivity index (χ2v) is 4.79. The predicted molar refractivity (Wildman–Crippen MR) is 74.7 cm³/mol. The van der Waals surface area contributed by atoms with E-state index in [0.717, 1.165) is 32.8 Å². The van der Waals surface area contributed by atoms with Crippen LogP contribution in [0.2, 0.25) is 0 Å². The number of hydrogen-bond acceptors (Lipinski definition) is 3. The van der Waals surface area contributed by atoms with Gasteiger partial charge in [0.15, 0.2) is 0 Å². The summed E-state index contributed by atoms with van der Waals surface area (Å²) in [7, 11) is 0. The normalized spacial score (nSPS) is 16.3. The second kappa shape index (κ2) is 7.26. The average molecular weight is 262 g/mol. The van der Waals surface area contributed by atoms with E-state index in [4.69, 9.17) is 4.74 Å². The first kappa shape index (κ1) is 14.0. The first-order valence-electron chi connectivity index (χ1n) is 6.93. The lowest BCUT2D eigenvalue weighted by atomic mass is 10.1. The van der Waals surface area contributed by atoms with Gasteiger partial charge in [0.05, 0.1) is 13.2 Å². The van der Waals surface area contributed by atoms with Crippen LogP contribution in [0.1, 0.15) is 24.5 Å². The summed E-state index contributed by atoms with van der Waals surface area (Å²) in [5.74, 6) is 0.0983. The third-order valence-electron chi connectivity index (χ3n) is 3.41. The van der Waals surface area contributed by atoms with Crippen molar-refractivity contribution in [3.8, 4) is 0 Å². The third-order valence-corrected chi connectivity index (χ3v) is 3.41. The quantitative estimate of drug-likeness (QED) is 0.875. The molecule has 1 saturated heterocycles. The van der Waals surface area contributed by atoms with Crippen LogP contribution in [0.3, 0.4) is 0 Å². The highest BCUT2D eigenvalue weighted by Gasteiger charge is 2.12. The molecule has 1 heterocycles. The van der Waals surface area contributed by atoms with Crippen molar-refractivity contribution in [3.63, 3.8) is 0 Å². The highest BCUT2D eigenvalue weighted by molar-refractivity contribution is 5.75. The zero-order chi connectivity index (χ0) is 13.5. The van der Waals surface area contributed by atoms with Crippen LogP contribution in [0, 0.1) is 0 Å². The molecule has 0 atom stereocenters. The Balaban J connectivity index is 1.96. The maximum atomic E-state index is 11.3. The molecule has 1 N–H and O–H groups in total. The van der Waals surface area contributed by atoms with Crippen molar-refractivity contribution >= 4 is 5.91 Å². The number of nitrogens with zero attached hydrogens (tertiary/aromatic N) is 1. The molecular formula is C15H22N2O2. The van der Waals surface area contributed by atoms with E-state index in [1.807, 2.05) is 13.0 Å². The van der Waals surface area contributed by atoms with Gasteiger partial charge in [-0.05, 0) is 11.1 Å². The van der Waals surface area contributed by atoms with Crippen LogP contribution >= 0.6 is 0 Å². The van der Waals surface area contributed by atoms with E-state index >= 15 is 0 Å². The largest absolute Gasteiger partial charge is 0.379 e. The number of amides is 1. The molecule has 4 heteroatoms. The average Bonchev–Trinajstić information content (AvgIpc) is 2.47. The van der Waals surface area contributed by atoms with Gasteiger partial charge in [-0.1, -0.05) is 31.2 Å². The topological polar surface area (TPSA) is 41.6 Å². The van der Waals surface area contributed by atoms with Crippen LogP contribution in [-0.2, 0) is 22.6 Å². The molecule has 1 aromatic carbocycles. The standard InChI is InChI=1S/C15H22N2O2/c1-2-15(18)16-11-13-5-3-4-6-14(13)12-17-7-9-19-10-8-17/h3-6H,2,7-12H2,1H3,(H,16,18). The Morgan fingerprint density at radius 3 is 2.63 bits per heavy atom. The van der Waals surface area contributed by atoms with Crippen LogP contribution in [0.25, 0.3) is 0 Å². The fourth-order valence-corrected chi connectivity index (χ4v) is 2.20. The number of carbonyl (C=O) groups is 1. The molecule has 1 amide bonds. The molecule has 0 aliphatic carbocycles. The SMILES string of the molecule is CCC(=O)NCc1ccccc1CN1CCOCC1. The van der Waals surface area contributed by atoms with Crippen LogP contribution in [-0.4, -0.2) is 37.1 Å². The van der Waals surface area contributed by atoms with Gasteiger partial charge >= 0.3 is 0 Å². The summed E-state index contributed by atoms with van der Waals surface area (Å²) in [5, 5.41) is 2.94. The van der Waals surface area contributed by atoms with Gasteiger partial charge in [-0.2, -0.15) is 0 Å². The number of rotatable bonds is 5. The minimum Gasteiger partial charge on any atom is -0.379 e. The molecule has 1 fully saturated rings. The fraction of sp³-hybridized carbons (Fsp3) is 0.533. The van der Waals surface area contributed by atoms with E-state index in [2.05, 4.69) is 28.4 Å². The maximum absolute atomic E-state index is 11.3. The fourth-order valence-electron chi connectivity index (χ4n) is 2.20. The van der Waals surface area contributed by atoms with E-state index in [1.165, 1.54) is 11.1 Å². The van der Waals surface area contributed by atoms with E-state index in [-0.39, 0.29) is 5.91 Å². The van der Waals surface area contributed by atoms with Crippen LogP contribution in [0.15, 0.2) is 24.3 Å². The minimum absolute atomic E-state index is 0.0983. The molecule has 0 aromatic heterocycles. The lowest BCUT2D eigenvalue weighted by Crippen LogP contribution is -2.36. The molecule has 0 unspecified atom stereocenters. The monoisotopic (exact) mass is 262 g/mol. The van der Waals surface area contributed by atoms with Crippen LogP contribution < -0.4 is 5.32 Å². The third kappa shape index (κ3) is 4.33. The molecular weight excluding hydrogens is 240 g/mol. The molecule has 19 heavy (non-hydrogen) atoms. The first-order chi connectivity index (χ1) is 9.29. The van der Waals surface area contributed by atoms with E-state index in [9.17, 15) is 4.79 Å². The highest BCUT2D eigenvalue weighted by Crippen LogP contribution is 2.12. The summed E-state index contributed by atoms with van der Waals surface area (Å²) in [6.07, 6.45) is 0.533. The Kier molecular flexibility index (Phi) is 5.36. The molecule has 0 radical (unpaired) electrons. The molecule has 0 spiro atoms. The number of carbonyl (C=O) groups excluding carboxylic acids is 1. The molecule has 4 nitrogen and oxygen atoms in total. The van der Waals surface area contributed by atoms with Gasteiger partial charge in [-0.15, -0.1) is 0 Å². The first-order valence-corrected chi connectivity index (χ1v) is 6.93.